The van der Waals surface area contributed by atoms with Gasteiger partial charge in [0.15, 0.2) is 0 Å². The molecule has 4 heteroatoms. The van der Waals surface area contributed by atoms with Gasteiger partial charge in [-0.2, -0.15) is 0 Å². The lowest BCUT2D eigenvalue weighted by atomic mass is 9.74. The maximum atomic E-state index is 12.0. The zero-order chi connectivity index (χ0) is 12.5. The third-order valence-electron chi connectivity index (χ3n) is 3.57. The second kappa shape index (κ2) is 4.69. The standard InChI is InChI=1S/C13H16BrNO2/c1-2-13(6-3-7-13)15-12(17)9-4-5-10(14)11(16)8-9/h4-5,8,16H,2-3,6-7H2,1H3,(H,15,17). The van der Waals surface area contributed by atoms with Gasteiger partial charge in [-0.05, 0) is 59.8 Å². The van der Waals surface area contributed by atoms with Crippen molar-refractivity contribution in [3.05, 3.63) is 28.2 Å². The van der Waals surface area contributed by atoms with Gasteiger partial charge in [0, 0.05) is 11.1 Å². The monoisotopic (exact) mass is 297 g/mol. The van der Waals surface area contributed by atoms with Gasteiger partial charge in [-0.15, -0.1) is 0 Å². The van der Waals surface area contributed by atoms with E-state index in [1.165, 1.54) is 12.5 Å². The molecule has 0 spiro atoms. The van der Waals surface area contributed by atoms with Crippen LogP contribution in [-0.2, 0) is 0 Å². The number of aromatic hydroxyl groups is 1. The average molecular weight is 298 g/mol. The van der Waals surface area contributed by atoms with Crippen LogP contribution in [0, 0.1) is 0 Å². The van der Waals surface area contributed by atoms with Crippen molar-refractivity contribution < 1.29 is 9.90 Å². The summed E-state index contributed by atoms with van der Waals surface area (Å²) in [4.78, 5) is 12.0. The van der Waals surface area contributed by atoms with E-state index < -0.39 is 0 Å². The van der Waals surface area contributed by atoms with Gasteiger partial charge < -0.3 is 10.4 Å². The number of nitrogens with one attached hydrogen (secondary N) is 1. The molecule has 0 atom stereocenters. The van der Waals surface area contributed by atoms with Crippen molar-refractivity contribution in [2.45, 2.75) is 38.1 Å². The molecule has 92 valence electrons. The molecule has 17 heavy (non-hydrogen) atoms. The van der Waals surface area contributed by atoms with Gasteiger partial charge in [-0.3, -0.25) is 4.79 Å². The number of phenols is 1. The predicted octanol–water partition coefficient (Wildman–Crippen LogP) is 3.22. The van der Waals surface area contributed by atoms with Gasteiger partial charge in [0.2, 0.25) is 0 Å². The number of halogens is 1. The van der Waals surface area contributed by atoms with Gasteiger partial charge >= 0.3 is 0 Å². The van der Waals surface area contributed by atoms with Crippen LogP contribution < -0.4 is 5.32 Å². The maximum absolute atomic E-state index is 12.0. The number of carbonyl (C=O) groups excluding carboxylic acids is 1. The minimum atomic E-state index is -0.102. The Labute approximate surface area is 109 Å². The number of benzene rings is 1. The van der Waals surface area contributed by atoms with E-state index in [4.69, 9.17) is 0 Å². The molecular formula is C13H16BrNO2. The highest BCUT2D eigenvalue weighted by Crippen LogP contribution is 2.35. The van der Waals surface area contributed by atoms with Gasteiger partial charge in [0.05, 0.1) is 4.47 Å². The van der Waals surface area contributed by atoms with E-state index >= 15 is 0 Å². The summed E-state index contributed by atoms with van der Waals surface area (Å²) in [6.45, 7) is 2.10. The topological polar surface area (TPSA) is 49.3 Å². The highest BCUT2D eigenvalue weighted by atomic mass is 79.9. The third-order valence-corrected chi connectivity index (χ3v) is 4.25. The first kappa shape index (κ1) is 12.4. The number of hydrogen-bond donors (Lipinski definition) is 2. The summed E-state index contributed by atoms with van der Waals surface area (Å²) in [6.07, 6.45) is 4.25. The van der Waals surface area contributed by atoms with E-state index in [9.17, 15) is 9.90 Å². The van der Waals surface area contributed by atoms with Crippen molar-refractivity contribution in [1.29, 1.82) is 0 Å². The molecule has 1 amide bonds. The Morgan fingerprint density at radius 3 is 2.71 bits per heavy atom. The molecule has 1 aliphatic rings. The molecule has 1 aromatic rings. The number of amides is 1. The van der Waals surface area contributed by atoms with Crippen molar-refractivity contribution in [3.63, 3.8) is 0 Å². The molecule has 1 aliphatic carbocycles. The molecule has 3 nitrogen and oxygen atoms in total. The Hall–Kier alpha value is -1.03. The normalized spacial score (nSPS) is 17.3. The Morgan fingerprint density at radius 2 is 2.24 bits per heavy atom. The molecule has 0 saturated heterocycles. The maximum Gasteiger partial charge on any atom is 0.251 e. The minimum absolute atomic E-state index is 0.0141. The van der Waals surface area contributed by atoms with Crippen molar-refractivity contribution in [2.75, 3.05) is 0 Å². The lowest BCUT2D eigenvalue weighted by Gasteiger charge is -2.42. The van der Waals surface area contributed by atoms with E-state index in [1.807, 2.05) is 0 Å². The molecule has 1 saturated carbocycles. The van der Waals surface area contributed by atoms with Gasteiger partial charge in [-0.25, -0.2) is 0 Å². The second-order valence-electron chi connectivity index (χ2n) is 4.61. The number of phenolic OH excluding ortho intramolecular Hbond substituents is 1. The minimum Gasteiger partial charge on any atom is -0.507 e. The quantitative estimate of drug-likeness (QED) is 0.900. The molecule has 0 radical (unpaired) electrons. The van der Waals surface area contributed by atoms with E-state index in [1.54, 1.807) is 12.1 Å². The van der Waals surface area contributed by atoms with Crippen LogP contribution >= 0.6 is 15.9 Å². The van der Waals surface area contributed by atoms with Crippen molar-refractivity contribution >= 4 is 21.8 Å². The van der Waals surface area contributed by atoms with Crippen LogP contribution in [0.1, 0.15) is 43.0 Å². The first-order valence-corrected chi connectivity index (χ1v) is 6.67. The summed E-state index contributed by atoms with van der Waals surface area (Å²) >= 11 is 3.20. The van der Waals surface area contributed by atoms with Gasteiger partial charge in [0.25, 0.3) is 5.91 Å². The molecular weight excluding hydrogens is 282 g/mol. The molecule has 0 aliphatic heterocycles. The molecule has 1 fully saturated rings. The molecule has 0 bridgehead atoms. The van der Waals surface area contributed by atoms with Gasteiger partial charge in [-0.1, -0.05) is 6.92 Å². The van der Waals surface area contributed by atoms with E-state index in [0.717, 1.165) is 19.3 Å². The Kier molecular flexibility index (Phi) is 3.43. The number of rotatable bonds is 3. The predicted molar refractivity (Wildman–Crippen MR) is 70.1 cm³/mol. The first-order valence-electron chi connectivity index (χ1n) is 5.87. The van der Waals surface area contributed by atoms with Crippen molar-refractivity contribution in [2.24, 2.45) is 0 Å². The van der Waals surface area contributed by atoms with Crippen LogP contribution in [0.4, 0.5) is 0 Å². The molecule has 0 heterocycles. The van der Waals surface area contributed by atoms with Crippen LogP contribution in [-0.4, -0.2) is 16.6 Å². The Bertz CT molecular complexity index is 436. The first-order chi connectivity index (χ1) is 8.06. The summed E-state index contributed by atoms with van der Waals surface area (Å²) in [5, 5.41) is 12.6. The van der Waals surface area contributed by atoms with E-state index in [0.29, 0.717) is 10.0 Å². The van der Waals surface area contributed by atoms with Crippen LogP contribution in [0.25, 0.3) is 0 Å². The van der Waals surface area contributed by atoms with E-state index in [2.05, 4.69) is 28.2 Å². The van der Waals surface area contributed by atoms with E-state index in [-0.39, 0.29) is 17.2 Å². The molecule has 2 N–H and O–H groups in total. The van der Waals surface area contributed by atoms with Crippen LogP contribution in [0.3, 0.4) is 0 Å². The summed E-state index contributed by atoms with van der Waals surface area (Å²) in [6, 6.07) is 4.88. The smallest absolute Gasteiger partial charge is 0.251 e. The zero-order valence-corrected chi connectivity index (χ0v) is 11.4. The fourth-order valence-electron chi connectivity index (χ4n) is 2.14. The highest BCUT2D eigenvalue weighted by molar-refractivity contribution is 9.10. The third kappa shape index (κ3) is 2.46. The van der Waals surface area contributed by atoms with Crippen molar-refractivity contribution in [1.82, 2.24) is 5.32 Å². The van der Waals surface area contributed by atoms with Crippen LogP contribution in [0.15, 0.2) is 22.7 Å². The Morgan fingerprint density at radius 1 is 1.53 bits per heavy atom. The zero-order valence-electron chi connectivity index (χ0n) is 9.79. The highest BCUT2D eigenvalue weighted by Gasteiger charge is 2.36. The summed E-state index contributed by atoms with van der Waals surface area (Å²) < 4.78 is 0.600. The molecule has 0 aromatic heterocycles. The average Bonchev–Trinajstić information content (AvgIpc) is 2.27. The van der Waals surface area contributed by atoms with Crippen molar-refractivity contribution in [3.8, 4) is 5.75 Å². The summed E-state index contributed by atoms with van der Waals surface area (Å²) in [5.74, 6) is -0.00819. The number of carbonyl (C=O) groups is 1. The fraction of sp³-hybridized carbons (Fsp3) is 0.462. The Balaban J connectivity index is 2.11. The summed E-state index contributed by atoms with van der Waals surface area (Å²) in [5.41, 5.74) is 0.491. The van der Waals surface area contributed by atoms with Crippen LogP contribution in [0.5, 0.6) is 5.75 Å². The fourth-order valence-corrected chi connectivity index (χ4v) is 2.38. The van der Waals surface area contributed by atoms with Crippen LogP contribution in [0.2, 0.25) is 0 Å². The van der Waals surface area contributed by atoms with Gasteiger partial charge in [0.1, 0.15) is 5.75 Å². The largest absolute Gasteiger partial charge is 0.507 e. The molecule has 1 aromatic carbocycles. The molecule has 2 rings (SSSR count). The summed E-state index contributed by atoms with van der Waals surface area (Å²) in [7, 11) is 0. The lowest BCUT2D eigenvalue weighted by molar-refractivity contribution is 0.0820. The number of hydrogen-bond acceptors (Lipinski definition) is 2. The second-order valence-corrected chi connectivity index (χ2v) is 5.46. The lowest BCUT2D eigenvalue weighted by Crippen LogP contribution is -2.52. The SMILES string of the molecule is CCC1(NC(=O)c2ccc(Br)c(O)c2)CCC1. The molecule has 0 unspecified atom stereocenters.